The van der Waals surface area contributed by atoms with Crippen LogP contribution in [0.2, 0.25) is 0 Å². The van der Waals surface area contributed by atoms with Crippen LogP contribution in [0.1, 0.15) is 6.92 Å². The van der Waals surface area contributed by atoms with Gasteiger partial charge < -0.3 is 10.5 Å². The van der Waals surface area contributed by atoms with Gasteiger partial charge in [0.25, 0.3) is 0 Å². The number of hydrogen-bond acceptors (Lipinski definition) is 4. The number of hydrogen-bond donors (Lipinski definition) is 1. The second-order valence-corrected chi connectivity index (χ2v) is 4.35. The normalized spacial score (nSPS) is 11.1. The average molecular weight is 311 g/mol. The molecule has 1 aromatic carbocycles. The van der Waals surface area contributed by atoms with Crippen molar-refractivity contribution in [1.82, 2.24) is 4.98 Å². The zero-order valence-corrected chi connectivity index (χ0v) is 11.5. The van der Waals surface area contributed by atoms with Crippen molar-refractivity contribution < 1.29 is 22.7 Å². The van der Waals surface area contributed by atoms with Crippen LogP contribution >= 0.6 is 0 Å². The number of nitrogens with zero attached hydrogens (tertiary/aromatic N) is 2. The molecule has 5 nitrogen and oxygen atoms in total. The molecule has 0 radical (unpaired) electrons. The molecule has 0 saturated heterocycles. The van der Waals surface area contributed by atoms with Crippen molar-refractivity contribution in [3.05, 3.63) is 42.6 Å². The largest absolute Gasteiger partial charge is 0.573 e. The fourth-order valence-electron chi connectivity index (χ4n) is 1.85. The molecule has 0 unspecified atom stereocenters. The topological polar surface area (TPSA) is 68.5 Å². The molecule has 22 heavy (non-hydrogen) atoms. The van der Waals surface area contributed by atoms with E-state index in [1.807, 2.05) is 0 Å². The van der Waals surface area contributed by atoms with E-state index < -0.39 is 18.0 Å². The van der Waals surface area contributed by atoms with E-state index in [1.54, 1.807) is 0 Å². The monoisotopic (exact) mass is 311 g/mol. The van der Waals surface area contributed by atoms with Crippen molar-refractivity contribution in [3.63, 3.8) is 0 Å². The maximum atomic E-state index is 12.3. The lowest BCUT2D eigenvalue weighted by atomic mass is 10.2. The summed E-state index contributed by atoms with van der Waals surface area (Å²) in [6.07, 6.45) is -3.41. The Morgan fingerprint density at radius 1 is 1.27 bits per heavy atom. The van der Waals surface area contributed by atoms with Crippen LogP contribution in [0.3, 0.4) is 0 Å². The summed E-state index contributed by atoms with van der Waals surface area (Å²) < 4.78 is 40.7. The van der Waals surface area contributed by atoms with Crippen LogP contribution in [0.4, 0.5) is 30.4 Å². The molecule has 2 N–H and O–H groups in total. The van der Waals surface area contributed by atoms with Crippen LogP contribution in [0.25, 0.3) is 0 Å². The quantitative estimate of drug-likeness (QED) is 0.945. The van der Waals surface area contributed by atoms with Gasteiger partial charge in [-0.05, 0) is 18.2 Å². The fourth-order valence-corrected chi connectivity index (χ4v) is 1.85. The molecule has 1 aromatic heterocycles. The van der Waals surface area contributed by atoms with Crippen molar-refractivity contribution in [1.29, 1.82) is 0 Å². The van der Waals surface area contributed by atoms with Crippen LogP contribution in [0.15, 0.2) is 42.6 Å². The standard InChI is InChI=1S/C14H12F3N3O2/c1-9(21)20(13-7-10(18)5-6-19-13)11-3-2-4-12(8-11)22-14(15,16)17/h2-8H,1H3,(H2,18,19). The third-order valence-electron chi connectivity index (χ3n) is 2.62. The van der Waals surface area contributed by atoms with Gasteiger partial charge in [0.2, 0.25) is 5.91 Å². The Morgan fingerprint density at radius 3 is 2.59 bits per heavy atom. The molecule has 0 aliphatic carbocycles. The summed E-state index contributed by atoms with van der Waals surface area (Å²) in [5, 5.41) is 0. The highest BCUT2D eigenvalue weighted by molar-refractivity contribution is 5.98. The number of pyridine rings is 1. The summed E-state index contributed by atoms with van der Waals surface area (Å²) in [7, 11) is 0. The van der Waals surface area contributed by atoms with Crippen LogP contribution in [0, 0.1) is 0 Å². The second-order valence-electron chi connectivity index (χ2n) is 4.35. The summed E-state index contributed by atoms with van der Waals surface area (Å²) in [5.41, 5.74) is 6.20. The number of carbonyl (C=O) groups is 1. The maximum absolute atomic E-state index is 12.3. The Hall–Kier alpha value is -2.77. The minimum atomic E-state index is -4.81. The average Bonchev–Trinajstić information content (AvgIpc) is 2.36. The number of aromatic nitrogens is 1. The van der Waals surface area contributed by atoms with Gasteiger partial charge in [0.15, 0.2) is 0 Å². The first-order chi connectivity index (χ1) is 10.3. The van der Waals surface area contributed by atoms with Crippen molar-refractivity contribution in [2.75, 3.05) is 10.6 Å². The Bertz CT molecular complexity index is 689. The first-order valence-electron chi connectivity index (χ1n) is 6.14. The van der Waals surface area contributed by atoms with Gasteiger partial charge in [-0.1, -0.05) is 6.07 Å². The fraction of sp³-hybridized carbons (Fsp3) is 0.143. The molecule has 116 valence electrons. The molecule has 0 spiro atoms. The third kappa shape index (κ3) is 3.87. The predicted molar refractivity (Wildman–Crippen MR) is 74.6 cm³/mol. The molecule has 1 amide bonds. The zero-order valence-electron chi connectivity index (χ0n) is 11.5. The van der Waals surface area contributed by atoms with Crippen LogP contribution in [-0.4, -0.2) is 17.3 Å². The number of carbonyl (C=O) groups excluding carboxylic acids is 1. The second kappa shape index (κ2) is 5.92. The minimum absolute atomic E-state index is 0.187. The number of anilines is 3. The number of halogens is 3. The first-order valence-corrected chi connectivity index (χ1v) is 6.14. The van der Waals surface area contributed by atoms with Crippen LogP contribution < -0.4 is 15.4 Å². The molecule has 0 aliphatic rings. The Labute approximate surface area is 124 Å². The van der Waals surface area contributed by atoms with E-state index in [4.69, 9.17) is 5.73 Å². The number of nitrogen functional groups attached to an aromatic ring is 1. The molecule has 0 bridgehead atoms. The smallest absolute Gasteiger partial charge is 0.406 e. The number of benzene rings is 1. The molecule has 0 fully saturated rings. The highest BCUT2D eigenvalue weighted by Crippen LogP contribution is 2.30. The van der Waals surface area contributed by atoms with Crippen LogP contribution in [0.5, 0.6) is 5.75 Å². The van der Waals surface area contributed by atoms with Gasteiger partial charge >= 0.3 is 6.36 Å². The van der Waals surface area contributed by atoms with E-state index in [0.29, 0.717) is 5.69 Å². The van der Waals surface area contributed by atoms with E-state index in [0.717, 1.165) is 17.0 Å². The van der Waals surface area contributed by atoms with Gasteiger partial charge in [0, 0.05) is 30.9 Å². The van der Waals surface area contributed by atoms with Crippen molar-refractivity contribution >= 4 is 23.1 Å². The molecular weight excluding hydrogens is 299 g/mol. The Kier molecular flexibility index (Phi) is 4.20. The van der Waals surface area contributed by atoms with Gasteiger partial charge in [0.05, 0.1) is 5.69 Å². The molecule has 0 saturated carbocycles. The van der Waals surface area contributed by atoms with E-state index in [-0.39, 0.29) is 11.5 Å². The lowest BCUT2D eigenvalue weighted by Gasteiger charge is -2.21. The summed E-state index contributed by atoms with van der Waals surface area (Å²) in [4.78, 5) is 17.0. The SMILES string of the molecule is CC(=O)N(c1cccc(OC(F)(F)F)c1)c1cc(N)ccn1. The molecule has 0 atom stereocenters. The zero-order chi connectivity index (χ0) is 16.3. The van der Waals surface area contributed by atoms with E-state index in [2.05, 4.69) is 9.72 Å². The molecular formula is C14H12F3N3O2. The Balaban J connectivity index is 2.42. The molecule has 1 heterocycles. The summed E-state index contributed by atoms with van der Waals surface area (Å²) in [6.45, 7) is 1.27. The first kappa shape index (κ1) is 15.6. The number of ether oxygens (including phenoxy) is 1. The highest BCUT2D eigenvalue weighted by Gasteiger charge is 2.31. The highest BCUT2D eigenvalue weighted by atomic mass is 19.4. The summed E-state index contributed by atoms with van der Waals surface area (Å²) in [5.74, 6) is -0.654. The van der Waals surface area contributed by atoms with E-state index in [1.165, 1.54) is 37.4 Å². The number of alkyl halides is 3. The molecule has 2 rings (SSSR count). The van der Waals surface area contributed by atoms with Gasteiger partial charge in [-0.25, -0.2) is 4.98 Å². The van der Waals surface area contributed by atoms with Crippen molar-refractivity contribution in [2.24, 2.45) is 0 Å². The van der Waals surface area contributed by atoms with Crippen molar-refractivity contribution in [3.8, 4) is 5.75 Å². The minimum Gasteiger partial charge on any atom is -0.406 e. The lowest BCUT2D eigenvalue weighted by molar-refractivity contribution is -0.274. The predicted octanol–water partition coefficient (Wildman–Crippen LogP) is 3.25. The molecule has 8 heteroatoms. The van der Waals surface area contributed by atoms with Gasteiger partial charge in [-0.2, -0.15) is 0 Å². The lowest BCUT2D eigenvalue weighted by Crippen LogP contribution is -2.24. The third-order valence-corrected chi connectivity index (χ3v) is 2.62. The number of amides is 1. The summed E-state index contributed by atoms with van der Waals surface area (Å²) >= 11 is 0. The molecule has 2 aromatic rings. The van der Waals surface area contributed by atoms with E-state index >= 15 is 0 Å². The number of nitrogens with two attached hydrogens (primary N) is 1. The Morgan fingerprint density at radius 2 is 2.00 bits per heavy atom. The summed E-state index contributed by atoms with van der Waals surface area (Å²) in [6, 6.07) is 8.03. The van der Waals surface area contributed by atoms with Crippen LogP contribution in [-0.2, 0) is 4.79 Å². The van der Waals surface area contributed by atoms with E-state index in [9.17, 15) is 18.0 Å². The molecule has 0 aliphatic heterocycles. The van der Waals surface area contributed by atoms with Gasteiger partial charge in [0.1, 0.15) is 11.6 Å². The number of rotatable bonds is 3. The maximum Gasteiger partial charge on any atom is 0.573 e. The van der Waals surface area contributed by atoms with Gasteiger partial charge in [-0.3, -0.25) is 9.69 Å². The van der Waals surface area contributed by atoms with Crippen molar-refractivity contribution in [2.45, 2.75) is 13.3 Å². The van der Waals surface area contributed by atoms with Gasteiger partial charge in [-0.15, -0.1) is 13.2 Å².